The van der Waals surface area contributed by atoms with Crippen molar-refractivity contribution in [2.45, 2.75) is 25.8 Å². The molecule has 1 aromatic carbocycles. The van der Waals surface area contributed by atoms with Gasteiger partial charge in [-0.15, -0.1) is 0 Å². The van der Waals surface area contributed by atoms with Gasteiger partial charge in [-0.05, 0) is 32.0 Å². The molecular formula is C16H26N2O2. The average Bonchev–Trinajstić information content (AvgIpc) is 2.50. The van der Waals surface area contributed by atoms with E-state index < -0.39 is 0 Å². The standard InChI is InChI=1S/C16H26N2O2/c1-2-15(14-6-3-4-7-16(14)19)17-8-5-9-18-10-12-20-13-11-18/h3-4,6-7,15,17,19H,2,5,8-13H2,1H3. The van der Waals surface area contributed by atoms with Crippen molar-refractivity contribution in [3.8, 4) is 5.75 Å². The summed E-state index contributed by atoms with van der Waals surface area (Å²) in [7, 11) is 0. The summed E-state index contributed by atoms with van der Waals surface area (Å²) in [6, 6.07) is 7.84. The van der Waals surface area contributed by atoms with Crippen molar-refractivity contribution < 1.29 is 9.84 Å². The smallest absolute Gasteiger partial charge is 0.120 e. The molecule has 4 nitrogen and oxygen atoms in total. The zero-order valence-electron chi connectivity index (χ0n) is 12.3. The highest BCUT2D eigenvalue weighted by atomic mass is 16.5. The average molecular weight is 278 g/mol. The summed E-state index contributed by atoms with van der Waals surface area (Å²) in [6.45, 7) is 8.07. The van der Waals surface area contributed by atoms with Crippen molar-refractivity contribution in [1.29, 1.82) is 0 Å². The lowest BCUT2D eigenvalue weighted by atomic mass is 10.0. The molecule has 4 heteroatoms. The van der Waals surface area contributed by atoms with Gasteiger partial charge >= 0.3 is 0 Å². The van der Waals surface area contributed by atoms with Crippen molar-refractivity contribution in [3.05, 3.63) is 29.8 Å². The molecule has 0 radical (unpaired) electrons. The van der Waals surface area contributed by atoms with E-state index >= 15 is 0 Å². The molecule has 2 N–H and O–H groups in total. The number of hydrogen-bond donors (Lipinski definition) is 2. The third-order valence-electron chi connectivity index (χ3n) is 3.87. The molecule has 1 aromatic rings. The Morgan fingerprint density at radius 3 is 2.75 bits per heavy atom. The van der Waals surface area contributed by atoms with Crippen LogP contribution in [0.5, 0.6) is 5.75 Å². The van der Waals surface area contributed by atoms with Gasteiger partial charge < -0.3 is 15.2 Å². The van der Waals surface area contributed by atoms with Crippen molar-refractivity contribution in [1.82, 2.24) is 10.2 Å². The third-order valence-corrected chi connectivity index (χ3v) is 3.87. The van der Waals surface area contributed by atoms with E-state index in [1.54, 1.807) is 6.07 Å². The van der Waals surface area contributed by atoms with Gasteiger partial charge in [0.25, 0.3) is 0 Å². The minimum Gasteiger partial charge on any atom is -0.508 e. The summed E-state index contributed by atoms with van der Waals surface area (Å²) in [6.07, 6.45) is 2.11. The number of hydrogen-bond acceptors (Lipinski definition) is 4. The van der Waals surface area contributed by atoms with Crippen molar-refractivity contribution in [3.63, 3.8) is 0 Å². The Balaban J connectivity index is 1.72. The van der Waals surface area contributed by atoms with Crippen LogP contribution in [-0.4, -0.2) is 49.4 Å². The van der Waals surface area contributed by atoms with Gasteiger partial charge in [0.05, 0.1) is 13.2 Å². The van der Waals surface area contributed by atoms with E-state index in [9.17, 15) is 5.11 Å². The Morgan fingerprint density at radius 2 is 2.05 bits per heavy atom. The summed E-state index contributed by atoms with van der Waals surface area (Å²) in [5.41, 5.74) is 1.00. The van der Waals surface area contributed by atoms with Crippen molar-refractivity contribution >= 4 is 0 Å². The molecule has 0 aliphatic carbocycles. The molecule has 2 rings (SSSR count). The van der Waals surface area contributed by atoms with Crippen molar-refractivity contribution in [2.24, 2.45) is 0 Å². The largest absolute Gasteiger partial charge is 0.508 e. The molecule has 1 atom stereocenters. The number of rotatable bonds is 7. The lowest BCUT2D eigenvalue weighted by Crippen LogP contribution is -2.37. The first-order chi connectivity index (χ1) is 9.81. The number of nitrogens with one attached hydrogen (secondary N) is 1. The van der Waals surface area contributed by atoms with Gasteiger partial charge in [0.15, 0.2) is 0 Å². The van der Waals surface area contributed by atoms with Crippen LogP contribution in [0.2, 0.25) is 0 Å². The van der Waals surface area contributed by atoms with Crippen LogP contribution in [0.15, 0.2) is 24.3 Å². The van der Waals surface area contributed by atoms with Crippen LogP contribution >= 0.6 is 0 Å². The Kier molecular flexibility index (Phi) is 6.30. The molecule has 20 heavy (non-hydrogen) atoms. The zero-order valence-corrected chi connectivity index (χ0v) is 12.3. The number of nitrogens with zero attached hydrogens (tertiary/aromatic N) is 1. The summed E-state index contributed by atoms with van der Waals surface area (Å²) in [5, 5.41) is 13.5. The molecule has 0 spiro atoms. The number of para-hydroxylation sites is 1. The van der Waals surface area contributed by atoms with E-state index in [4.69, 9.17) is 4.74 Å². The van der Waals surface area contributed by atoms with E-state index in [0.29, 0.717) is 5.75 Å². The second-order valence-corrected chi connectivity index (χ2v) is 5.28. The molecule has 0 aromatic heterocycles. The monoisotopic (exact) mass is 278 g/mol. The maximum absolute atomic E-state index is 9.91. The predicted octanol–water partition coefficient (Wildman–Crippen LogP) is 2.16. The molecule has 0 saturated carbocycles. The lowest BCUT2D eigenvalue weighted by Gasteiger charge is -2.27. The van der Waals surface area contributed by atoms with Crippen LogP contribution in [-0.2, 0) is 4.74 Å². The SMILES string of the molecule is CCC(NCCCN1CCOCC1)c1ccccc1O. The number of benzene rings is 1. The first-order valence-electron chi connectivity index (χ1n) is 7.62. The second-order valence-electron chi connectivity index (χ2n) is 5.28. The molecule has 1 aliphatic heterocycles. The van der Waals surface area contributed by atoms with Crippen LogP contribution in [0, 0.1) is 0 Å². The Labute approximate surface area is 121 Å². The van der Waals surface area contributed by atoms with Gasteiger partial charge in [-0.3, -0.25) is 4.90 Å². The second kappa shape index (κ2) is 8.25. The molecule has 1 unspecified atom stereocenters. The Bertz CT molecular complexity index is 392. The minimum absolute atomic E-state index is 0.237. The van der Waals surface area contributed by atoms with Crippen LogP contribution in [0.1, 0.15) is 31.4 Å². The van der Waals surface area contributed by atoms with E-state index in [-0.39, 0.29) is 6.04 Å². The van der Waals surface area contributed by atoms with Gasteiger partial charge in [0.2, 0.25) is 0 Å². The Morgan fingerprint density at radius 1 is 1.30 bits per heavy atom. The maximum atomic E-state index is 9.91. The van der Waals surface area contributed by atoms with Gasteiger partial charge in [0.1, 0.15) is 5.75 Å². The highest BCUT2D eigenvalue weighted by Crippen LogP contribution is 2.25. The van der Waals surface area contributed by atoms with E-state index in [2.05, 4.69) is 17.1 Å². The molecule has 0 bridgehead atoms. The van der Waals surface area contributed by atoms with Gasteiger partial charge in [-0.2, -0.15) is 0 Å². The normalized spacial score (nSPS) is 18.1. The van der Waals surface area contributed by atoms with Crippen LogP contribution < -0.4 is 5.32 Å². The molecule has 1 saturated heterocycles. The van der Waals surface area contributed by atoms with Crippen LogP contribution in [0.25, 0.3) is 0 Å². The first kappa shape index (κ1) is 15.3. The van der Waals surface area contributed by atoms with Gasteiger partial charge in [-0.1, -0.05) is 25.1 Å². The number of aromatic hydroxyl groups is 1. The third kappa shape index (κ3) is 4.47. The maximum Gasteiger partial charge on any atom is 0.120 e. The molecular weight excluding hydrogens is 252 g/mol. The van der Waals surface area contributed by atoms with E-state index in [1.807, 2.05) is 18.2 Å². The molecule has 1 heterocycles. The topological polar surface area (TPSA) is 44.7 Å². The van der Waals surface area contributed by atoms with Crippen LogP contribution in [0.3, 0.4) is 0 Å². The highest BCUT2D eigenvalue weighted by molar-refractivity contribution is 5.34. The fourth-order valence-corrected chi connectivity index (χ4v) is 2.66. The molecule has 0 amide bonds. The number of phenols is 1. The highest BCUT2D eigenvalue weighted by Gasteiger charge is 2.13. The van der Waals surface area contributed by atoms with E-state index in [1.165, 1.54) is 0 Å². The quantitative estimate of drug-likeness (QED) is 0.750. The predicted molar refractivity (Wildman–Crippen MR) is 81.0 cm³/mol. The first-order valence-corrected chi connectivity index (χ1v) is 7.62. The lowest BCUT2D eigenvalue weighted by molar-refractivity contribution is 0.0374. The minimum atomic E-state index is 0.237. The fourth-order valence-electron chi connectivity index (χ4n) is 2.66. The number of ether oxygens (including phenoxy) is 1. The summed E-state index contributed by atoms with van der Waals surface area (Å²) in [5.74, 6) is 0.389. The summed E-state index contributed by atoms with van der Waals surface area (Å²) < 4.78 is 5.35. The number of phenolic OH excluding ortho intramolecular Hbond substituents is 1. The molecule has 112 valence electrons. The number of morpholine rings is 1. The Hall–Kier alpha value is -1.10. The van der Waals surface area contributed by atoms with Gasteiger partial charge in [0, 0.05) is 24.7 Å². The summed E-state index contributed by atoms with van der Waals surface area (Å²) in [4.78, 5) is 2.45. The van der Waals surface area contributed by atoms with Crippen molar-refractivity contribution in [2.75, 3.05) is 39.4 Å². The van der Waals surface area contributed by atoms with Gasteiger partial charge in [-0.25, -0.2) is 0 Å². The zero-order chi connectivity index (χ0) is 14.2. The van der Waals surface area contributed by atoms with Crippen LogP contribution in [0.4, 0.5) is 0 Å². The molecule has 1 fully saturated rings. The molecule has 1 aliphatic rings. The fraction of sp³-hybridized carbons (Fsp3) is 0.625. The summed E-state index contributed by atoms with van der Waals surface area (Å²) >= 11 is 0. The van der Waals surface area contributed by atoms with E-state index in [0.717, 1.165) is 57.8 Å².